The molecule has 4 aromatic rings. The van der Waals surface area contributed by atoms with E-state index in [0.717, 1.165) is 64.2 Å². The standard InChI is InChI=1S/C29H34N6O3/c1-4-25(28-31-32-33-35(28)23-7-5-6-8-23)34(15-20-9-10-26-27(13-20)38-17-37-26)16-22-14-21-11-18(2)19(3)12-24(21)30-29(22)36/h9-14,23,25H,4-8,15-17H2,1-3H3,(H,30,36)/t25-/m0/s1. The fourth-order valence-corrected chi connectivity index (χ4v) is 5.84. The van der Waals surface area contributed by atoms with Crippen molar-refractivity contribution in [2.75, 3.05) is 6.79 Å². The van der Waals surface area contributed by atoms with E-state index in [1.54, 1.807) is 0 Å². The maximum atomic E-state index is 13.3. The second-order valence-corrected chi connectivity index (χ2v) is 10.6. The van der Waals surface area contributed by atoms with Gasteiger partial charge in [0.1, 0.15) is 0 Å². The van der Waals surface area contributed by atoms with E-state index >= 15 is 0 Å². The number of aromatic amines is 1. The summed E-state index contributed by atoms with van der Waals surface area (Å²) in [4.78, 5) is 18.7. The van der Waals surface area contributed by atoms with Gasteiger partial charge in [0.25, 0.3) is 5.56 Å². The smallest absolute Gasteiger partial charge is 0.252 e. The Kier molecular flexibility index (Phi) is 6.61. The number of hydrogen-bond donors (Lipinski definition) is 1. The first kappa shape index (κ1) is 24.6. The largest absolute Gasteiger partial charge is 0.454 e. The Balaban J connectivity index is 1.39. The van der Waals surface area contributed by atoms with Gasteiger partial charge < -0.3 is 14.5 Å². The van der Waals surface area contributed by atoms with Crippen LogP contribution in [-0.4, -0.2) is 36.9 Å². The fourth-order valence-electron chi connectivity index (χ4n) is 5.84. The number of ether oxygens (including phenoxy) is 2. The van der Waals surface area contributed by atoms with Gasteiger partial charge in [0, 0.05) is 24.2 Å². The van der Waals surface area contributed by atoms with Gasteiger partial charge in [0.15, 0.2) is 17.3 Å². The third kappa shape index (κ3) is 4.67. The van der Waals surface area contributed by atoms with Gasteiger partial charge in [-0.1, -0.05) is 25.8 Å². The molecule has 0 spiro atoms. The van der Waals surface area contributed by atoms with Crippen LogP contribution in [0.3, 0.4) is 0 Å². The molecule has 2 aromatic heterocycles. The van der Waals surface area contributed by atoms with E-state index in [-0.39, 0.29) is 18.4 Å². The molecule has 1 aliphatic carbocycles. The number of aryl methyl sites for hydroxylation is 2. The number of nitrogens with one attached hydrogen (secondary N) is 1. The normalized spacial score (nSPS) is 16.1. The van der Waals surface area contributed by atoms with Gasteiger partial charge in [-0.2, -0.15) is 0 Å². The number of fused-ring (bicyclic) bond motifs is 2. The maximum absolute atomic E-state index is 13.3. The Morgan fingerprint density at radius 2 is 1.84 bits per heavy atom. The van der Waals surface area contributed by atoms with Gasteiger partial charge in [0.2, 0.25) is 6.79 Å². The minimum absolute atomic E-state index is 0.0640. The number of tetrazole rings is 1. The SMILES string of the molecule is CC[C@@H](c1nnnn1C1CCCC1)N(Cc1ccc2c(c1)OCO2)Cc1cc2cc(C)c(C)cc2[nH]c1=O. The molecule has 0 unspecified atom stereocenters. The van der Waals surface area contributed by atoms with Crippen molar-refractivity contribution in [2.45, 2.75) is 78.0 Å². The monoisotopic (exact) mass is 514 g/mol. The number of benzene rings is 2. The van der Waals surface area contributed by atoms with Crippen LogP contribution in [0.5, 0.6) is 11.5 Å². The highest BCUT2D eigenvalue weighted by molar-refractivity contribution is 5.80. The second-order valence-electron chi connectivity index (χ2n) is 10.6. The van der Waals surface area contributed by atoms with E-state index in [0.29, 0.717) is 19.1 Å². The van der Waals surface area contributed by atoms with E-state index < -0.39 is 0 Å². The molecule has 1 atom stereocenters. The van der Waals surface area contributed by atoms with Crippen molar-refractivity contribution in [2.24, 2.45) is 0 Å². The molecule has 0 radical (unpaired) electrons. The lowest BCUT2D eigenvalue weighted by molar-refractivity contribution is 0.158. The number of pyridine rings is 1. The zero-order chi connectivity index (χ0) is 26.2. The molecule has 0 bridgehead atoms. The number of hydrogen-bond acceptors (Lipinski definition) is 7. The molecular weight excluding hydrogens is 480 g/mol. The Labute approximate surface area is 221 Å². The zero-order valence-electron chi connectivity index (χ0n) is 22.2. The summed E-state index contributed by atoms with van der Waals surface area (Å²) < 4.78 is 13.2. The number of aromatic nitrogens is 5. The lowest BCUT2D eigenvalue weighted by atomic mass is 10.0. The summed E-state index contributed by atoms with van der Waals surface area (Å²) in [6, 6.07) is 12.5. The van der Waals surface area contributed by atoms with E-state index in [1.165, 1.54) is 18.4 Å². The van der Waals surface area contributed by atoms with Crippen LogP contribution in [0.25, 0.3) is 10.9 Å². The molecule has 0 saturated heterocycles. The van der Waals surface area contributed by atoms with Crippen LogP contribution in [-0.2, 0) is 13.1 Å². The minimum atomic E-state index is -0.0679. The van der Waals surface area contributed by atoms with Crippen LogP contribution >= 0.6 is 0 Å². The molecule has 6 rings (SSSR count). The number of nitrogens with zero attached hydrogens (tertiary/aromatic N) is 5. The Bertz CT molecular complexity index is 1520. The Morgan fingerprint density at radius 1 is 1.05 bits per heavy atom. The van der Waals surface area contributed by atoms with E-state index in [1.807, 2.05) is 28.9 Å². The van der Waals surface area contributed by atoms with E-state index in [4.69, 9.17) is 9.47 Å². The summed E-state index contributed by atoms with van der Waals surface area (Å²) in [5.41, 5.74) is 4.96. The molecule has 1 N–H and O–H groups in total. The van der Waals surface area contributed by atoms with Crippen molar-refractivity contribution >= 4 is 10.9 Å². The summed E-state index contributed by atoms with van der Waals surface area (Å²) in [5.74, 6) is 2.37. The van der Waals surface area contributed by atoms with Crippen molar-refractivity contribution in [1.82, 2.24) is 30.1 Å². The van der Waals surface area contributed by atoms with E-state index in [9.17, 15) is 4.79 Å². The van der Waals surface area contributed by atoms with Gasteiger partial charge in [-0.3, -0.25) is 9.69 Å². The summed E-state index contributed by atoms with van der Waals surface area (Å²) in [5, 5.41) is 14.1. The first-order valence-corrected chi connectivity index (χ1v) is 13.5. The van der Waals surface area contributed by atoms with Crippen LogP contribution in [0, 0.1) is 13.8 Å². The van der Waals surface area contributed by atoms with Gasteiger partial charge >= 0.3 is 0 Å². The summed E-state index contributed by atoms with van der Waals surface area (Å²) >= 11 is 0. The average molecular weight is 515 g/mol. The van der Waals surface area contributed by atoms with Gasteiger partial charge in [-0.05, 0) is 95.9 Å². The molecule has 1 saturated carbocycles. The summed E-state index contributed by atoms with van der Waals surface area (Å²) in [7, 11) is 0. The van der Waals surface area contributed by atoms with Crippen molar-refractivity contribution in [1.29, 1.82) is 0 Å². The number of H-pyrrole nitrogens is 1. The molecule has 0 amide bonds. The molecule has 2 aromatic carbocycles. The van der Waals surface area contributed by atoms with Crippen molar-refractivity contribution in [3.05, 3.63) is 74.8 Å². The van der Waals surface area contributed by atoms with Crippen LogP contribution < -0.4 is 15.0 Å². The predicted octanol–water partition coefficient (Wildman–Crippen LogP) is 5.13. The topological polar surface area (TPSA) is 98.2 Å². The highest BCUT2D eigenvalue weighted by atomic mass is 16.7. The second kappa shape index (κ2) is 10.2. The van der Waals surface area contributed by atoms with Crippen LogP contribution in [0.2, 0.25) is 0 Å². The Morgan fingerprint density at radius 3 is 2.66 bits per heavy atom. The molecule has 9 heteroatoms. The quantitative estimate of drug-likeness (QED) is 0.348. The predicted molar refractivity (Wildman–Crippen MR) is 144 cm³/mol. The lowest BCUT2D eigenvalue weighted by Gasteiger charge is -2.31. The van der Waals surface area contributed by atoms with Crippen molar-refractivity contribution < 1.29 is 9.47 Å². The number of rotatable bonds is 8. The third-order valence-corrected chi connectivity index (χ3v) is 8.05. The lowest BCUT2D eigenvalue weighted by Crippen LogP contribution is -2.32. The average Bonchev–Trinajstić information content (AvgIpc) is 3.68. The summed E-state index contributed by atoms with van der Waals surface area (Å²) in [6.07, 6.45) is 5.40. The first-order valence-electron chi connectivity index (χ1n) is 13.5. The molecule has 38 heavy (non-hydrogen) atoms. The van der Waals surface area contributed by atoms with Gasteiger partial charge in [0.05, 0.1) is 12.1 Å². The van der Waals surface area contributed by atoms with Crippen molar-refractivity contribution in [3.8, 4) is 11.5 Å². The van der Waals surface area contributed by atoms with Gasteiger partial charge in [-0.15, -0.1) is 5.10 Å². The minimum Gasteiger partial charge on any atom is -0.454 e. The molecule has 198 valence electrons. The highest BCUT2D eigenvalue weighted by Crippen LogP contribution is 2.36. The fraction of sp³-hybridized carbons (Fsp3) is 0.448. The summed E-state index contributed by atoms with van der Waals surface area (Å²) in [6.45, 7) is 7.62. The van der Waals surface area contributed by atoms with Crippen molar-refractivity contribution in [3.63, 3.8) is 0 Å². The molecular formula is C29H34N6O3. The maximum Gasteiger partial charge on any atom is 0.252 e. The molecule has 1 aliphatic heterocycles. The van der Waals surface area contributed by atoms with Crippen LogP contribution in [0.4, 0.5) is 0 Å². The highest BCUT2D eigenvalue weighted by Gasteiger charge is 2.30. The van der Waals surface area contributed by atoms with E-state index in [2.05, 4.69) is 58.3 Å². The zero-order valence-corrected chi connectivity index (χ0v) is 22.2. The molecule has 3 heterocycles. The molecule has 2 aliphatic rings. The first-order chi connectivity index (χ1) is 18.5. The van der Waals surface area contributed by atoms with Crippen LogP contribution in [0.1, 0.15) is 79.2 Å². The Hall–Kier alpha value is -3.72. The molecule has 9 nitrogen and oxygen atoms in total. The third-order valence-electron chi connectivity index (χ3n) is 8.05. The molecule has 1 fully saturated rings. The van der Waals surface area contributed by atoms with Crippen LogP contribution in [0.15, 0.2) is 41.2 Å². The van der Waals surface area contributed by atoms with Gasteiger partial charge in [-0.25, -0.2) is 4.68 Å².